The van der Waals surface area contributed by atoms with E-state index in [2.05, 4.69) is 33.2 Å². The van der Waals surface area contributed by atoms with E-state index >= 15 is 0 Å². The molecule has 114 valence electrons. The molecule has 3 nitrogen and oxygen atoms in total. The van der Waals surface area contributed by atoms with Crippen LogP contribution in [-0.2, 0) is 6.54 Å². The van der Waals surface area contributed by atoms with Crippen molar-refractivity contribution in [2.24, 2.45) is 0 Å². The molecule has 1 unspecified atom stereocenters. The van der Waals surface area contributed by atoms with Gasteiger partial charge in [-0.1, -0.05) is 6.07 Å². The molecule has 0 amide bonds. The average molecular weight is 330 g/mol. The van der Waals surface area contributed by atoms with Crippen molar-refractivity contribution in [3.63, 3.8) is 0 Å². The zero-order valence-corrected chi connectivity index (χ0v) is 14.1. The molecule has 5 heteroatoms. The van der Waals surface area contributed by atoms with Crippen LogP contribution in [0.15, 0.2) is 38.8 Å². The lowest BCUT2D eigenvalue weighted by Gasteiger charge is -2.22. The molecular formula is C17H18N2OS2. The highest BCUT2D eigenvalue weighted by Crippen LogP contribution is 2.35. The van der Waals surface area contributed by atoms with Crippen molar-refractivity contribution in [1.29, 1.82) is 0 Å². The van der Waals surface area contributed by atoms with Gasteiger partial charge in [0, 0.05) is 12.6 Å². The second-order valence-electron chi connectivity index (χ2n) is 5.68. The third kappa shape index (κ3) is 2.64. The predicted octanol–water partition coefficient (Wildman–Crippen LogP) is 5.11. The summed E-state index contributed by atoms with van der Waals surface area (Å²) in [6.07, 6.45) is 2.50. The van der Waals surface area contributed by atoms with Crippen LogP contribution in [0.5, 0.6) is 0 Å². The highest BCUT2D eigenvalue weighted by Gasteiger charge is 2.27. The molecule has 4 heterocycles. The number of likely N-dealkylation sites (tertiary alicyclic amines) is 1. The Morgan fingerprint density at radius 1 is 1.36 bits per heavy atom. The van der Waals surface area contributed by atoms with Crippen molar-refractivity contribution >= 4 is 22.7 Å². The van der Waals surface area contributed by atoms with Gasteiger partial charge in [0.2, 0.25) is 5.89 Å². The summed E-state index contributed by atoms with van der Waals surface area (Å²) in [7, 11) is 0. The average Bonchev–Trinajstić information content (AvgIpc) is 3.27. The number of hydrogen-bond donors (Lipinski definition) is 0. The lowest BCUT2D eigenvalue weighted by molar-refractivity contribution is 0.245. The topological polar surface area (TPSA) is 29.3 Å². The molecule has 1 aliphatic heterocycles. The van der Waals surface area contributed by atoms with E-state index in [4.69, 9.17) is 9.40 Å². The summed E-state index contributed by atoms with van der Waals surface area (Å²) in [6.45, 7) is 4.04. The maximum absolute atomic E-state index is 5.87. The largest absolute Gasteiger partial charge is 0.440 e. The van der Waals surface area contributed by atoms with E-state index in [-0.39, 0.29) is 0 Å². The monoisotopic (exact) mass is 330 g/mol. The zero-order chi connectivity index (χ0) is 14.9. The van der Waals surface area contributed by atoms with E-state index in [9.17, 15) is 0 Å². The SMILES string of the molecule is Cc1oc(-c2cccs2)nc1CN1CCCC1c1ccsc1. The molecule has 3 aromatic rings. The third-order valence-electron chi connectivity index (χ3n) is 4.27. The van der Waals surface area contributed by atoms with Gasteiger partial charge >= 0.3 is 0 Å². The fourth-order valence-corrected chi connectivity index (χ4v) is 4.49. The third-order valence-corrected chi connectivity index (χ3v) is 5.83. The van der Waals surface area contributed by atoms with Gasteiger partial charge in [0.05, 0.1) is 10.6 Å². The summed E-state index contributed by atoms with van der Waals surface area (Å²) in [6, 6.07) is 6.88. The molecule has 0 bridgehead atoms. The normalized spacial score (nSPS) is 19.0. The van der Waals surface area contributed by atoms with E-state index in [1.165, 1.54) is 18.4 Å². The number of rotatable bonds is 4. The van der Waals surface area contributed by atoms with E-state index in [1.54, 1.807) is 22.7 Å². The van der Waals surface area contributed by atoms with Crippen molar-refractivity contribution in [2.75, 3.05) is 6.54 Å². The summed E-state index contributed by atoms with van der Waals surface area (Å²) in [5, 5.41) is 6.50. The molecule has 1 atom stereocenters. The van der Waals surface area contributed by atoms with Crippen LogP contribution >= 0.6 is 22.7 Å². The Kier molecular flexibility index (Phi) is 3.86. The number of nitrogens with zero attached hydrogens (tertiary/aromatic N) is 2. The Labute approximate surface area is 138 Å². The number of thiophene rings is 2. The smallest absolute Gasteiger partial charge is 0.236 e. The molecule has 0 spiro atoms. The van der Waals surface area contributed by atoms with Crippen molar-refractivity contribution in [1.82, 2.24) is 9.88 Å². The van der Waals surface area contributed by atoms with Crippen LogP contribution in [-0.4, -0.2) is 16.4 Å². The first-order valence-electron chi connectivity index (χ1n) is 7.57. The van der Waals surface area contributed by atoms with Crippen LogP contribution in [0.4, 0.5) is 0 Å². The van der Waals surface area contributed by atoms with Gasteiger partial charge in [-0.2, -0.15) is 11.3 Å². The minimum Gasteiger partial charge on any atom is -0.440 e. The van der Waals surface area contributed by atoms with Crippen molar-refractivity contribution in [2.45, 2.75) is 32.4 Å². The fourth-order valence-electron chi connectivity index (χ4n) is 3.13. The summed E-state index contributed by atoms with van der Waals surface area (Å²) < 4.78 is 5.87. The number of aromatic nitrogens is 1. The first-order chi connectivity index (χ1) is 10.8. The highest BCUT2D eigenvalue weighted by atomic mass is 32.1. The lowest BCUT2D eigenvalue weighted by Crippen LogP contribution is -2.23. The van der Waals surface area contributed by atoms with Crippen molar-refractivity contribution in [3.05, 3.63) is 51.4 Å². The van der Waals surface area contributed by atoms with Gasteiger partial charge in [0.1, 0.15) is 5.76 Å². The molecule has 0 radical (unpaired) electrons. The molecule has 22 heavy (non-hydrogen) atoms. The molecule has 0 aromatic carbocycles. The van der Waals surface area contributed by atoms with Crippen LogP contribution in [0.2, 0.25) is 0 Å². The number of aryl methyl sites for hydroxylation is 1. The first-order valence-corrected chi connectivity index (χ1v) is 9.40. The van der Waals surface area contributed by atoms with Crippen molar-refractivity contribution in [3.8, 4) is 10.8 Å². The Bertz CT molecular complexity index is 731. The molecule has 0 aliphatic carbocycles. The number of hydrogen-bond acceptors (Lipinski definition) is 5. The van der Waals surface area contributed by atoms with E-state index < -0.39 is 0 Å². The van der Waals surface area contributed by atoms with Gasteiger partial charge in [-0.05, 0) is 60.1 Å². The molecular weight excluding hydrogens is 312 g/mol. The number of oxazole rings is 1. The van der Waals surface area contributed by atoms with E-state index in [0.717, 1.165) is 35.3 Å². The van der Waals surface area contributed by atoms with Gasteiger partial charge in [-0.15, -0.1) is 11.3 Å². The van der Waals surface area contributed by atoms with Crippen LogP contribution < -0.4 is 0 Å². The van der Waals surface area contributed by atoms with Crippen LogP contribution in [0.25, 0.3) is 10.8 Å². The molecule has 1 fully saturated rings. The van der Waals surface area contributed by atoms with Crippen LogP contribution in [0, 0.1) is 6.92 Å². The standard InChI is InChI=1S/C17H18N2OS2/c1-12-14(18-17(20-12)16-5-3-8-22-16)10-19-7-2-4-15(19)13-6-9-21-11-13/h3,5-6,8-9,11,15H,2,4,7,10H2,1H3. The Balaban J connectivity index is 1.56. The lowest BCUT2D eigenvalue weighted by atomic mass is 10.1. The molecule has 0 N–H and O–H groups in total. The van der Waals surface area contributed by atoms with E-state index in [1.807, 2.05) is 13.0 Å². The summed E-state index contributed by atoms with van der Waals surface area (Å²) in [4.78, 5) is 8.37. The van der Waals surface area contributed by atoms with Crippen LogP contribution in [0.1, 0.15) is 35.9 Å². The Hall–Kier alpha value is -1.43. The highest BCUT2D eigenvalue weighted by molar-refractivity contribution is 7.13. The first kappa shape index (κ1) is 14.2. The quantitative estimate of drug-likeness (QED) is 0.665. The second-order valence-corrected chi connectivity index (χ2v) is 7.41. The maximum Gasteiger partial charge on any atom is 0.236 e. The van der Waals surface area contributed by atoms with Gasteiger partial charge in [-0.3, -0.25) is 4.90 Å². The minimum atomic E-state index is 0.535. The van der Waals surface area contributed by atoms with Gasteiger partial charge in [0.25, 0.3) is 0 Å². The second kappa shape index (κ2) is 5.99. The Morgan fingerprint density at radius 2 is 2.32 bits per heavy atom. The molecule has 4 rings (SSSR count). The maximum atomic E-state index is 5.87. The summed E-state index contributed by atoms with van der Waals surface area (Å²) in [5.74, 6) is 1.70. The zero-order valence-electron chi connectivity index (χ0n) is 12.5. The minimum absolute atomic E-state index is 0.535. The summed E-state index contributed by atoms with van der Waals surface area (Å²) >= 11 is 3.45. The van der Waals surface area contributed by atoms with Gasteiger partial charge < -0.3 is 4.42 Å². The molecule has 3 aromatic heterocycles. The van der Waals surface area contributed by atoms with E-state index in [0.29, 0.717) is 6.04 Å². The Morgan fingerprint density at radius 3 is 3.09 bits per heavy atom. The molecule has 1 saturated heterocycles. The molecule has 1 aliphatic rings. The van der Waals surface area contributed by atoms with Crippen LogP contribution in [0.3, 0.4) is 0 Å². The van der Waals surface area contributed by atoms with Gasteiger partial charge in [0.15, 0.2) is 0 Å². The predicted molar refractivity (Wildman–Crippen MR) is 91.3 cm³/mol. The summed E-state index contributed by atoms with van der Waals surface area (Å²) in [5.41, 5.74) is 2.52. The van der Waals surface area contributed by atoms with Gasteiger partial charge in [-0.25, -0.2) is 4.98 Å². The fraction of sp³-hybridized carbons (Fsp3) is 0.353. The van der Waals surface area contributed by atoms with Crippen molar-refractivity contribution < 1.29 is 4.42 Å². The molecule has 0 saturated carbocycles.